The molecule has 3 aromatic rings. The van der Waals surface area contributed by atoms with Crippen molar-refractivity contribution in [1.29, 1.82) is 0 Å². The van der Waals surface area contributed by atoms with Gasteiger partial charge in [0.1, 0.15) is 12.3 Å². The molecule has 2 aromatic carbocycles. The van der Waals surface area contributed by atoms with E-state index in [1.54, 1.807) is 40.6 Å². The summed E-state index contributed by atoms with van der Waals surface area (Å²) in [7, 11) is -3.63. The molecule has 0 aliphatic carbocycles. The van der Waals surface area contributed by atoms with Crippen LogP contribution in [-0.4, -0.2) is 53.8 Å². The number of rotatable bonds is 8. The van der Waals surface area contributed by atoms with E-state index in [0.717, 1.165) is 21.4 Å². The maximum absolute atomic E-state index is 13.2. The normalized spacial score (nSPS) is 17.2. The van der Waals surface area contributed by atoms with Gasteiger partial charge in [0.15, 0.2) is 0 Å². The molecular weight excluding hydrogens is 460 g/mol. The Balaban J connectivity index is 1.60. The molecule has 0 saturated carbocycles. The van der Waals surface area contributed by atoms with Crippen LogP contribution in [0.25, 0.3) is 10.9 Å². The Morgan fingerprint density at radius 2 is 1.94 bits per heavy atom. The first-order valence-electron chi connectivity index (χ1n) is 10.8. The highest BCUT2D eigenvalue weighted by Gasteiger charge is 2.34. The number of carboxylic acid groups (broad SMARTS) is 1. The summed E-state index contributed by atoms with van der Waals surface area (Å²) in [6, 6.07) is 12.6. The molecule has 1 aliphatic rings. The molecule has 0 spiro atoms. The minimum absolute atomic E-state index is 0.000923. The molecule has 1 saturated heterocycles. The van der Waals surface area contributed by atoms with E-state index in [9.17, 15) is 18.3 Å². The minimum atomic E-state index is -3.63. The number of aliphatic carboxylic acids is 1. The molecule has 0 amide bonds. The molecule has 4 rings (SSSR count). The molecule has 9 heteroatoms. The van der Waals surface area contributed by atoms with E-state index in [-0.39, 0.29) is 23.5 Å². The zero-order valence-electron chi connectivity index (χ0n) is 18.9. The fourth-order valence-corrected chi connectivity index (χ4v) is 6.27. The lowest BCUT2D eigenvalue weighted by molar-refractivity contribution is -0.137. The molecule has 2 heterocycles. The fraction of sp³-hybridized carbons (Fsp3) is 0.375. The Bertz CT molecular complexity index is 1270. The first-order chi connectivity index (χ1) is 15.7. The summed E-state index contributed by atoms with van der Waals surface area (Å²) in [5.41, 5.74) is 1.86. The molecule has 1 fully saturated rings. The number of hydrogen-bond acceptors (Lipinski definition) is 5. The third kappa shape index (κ3) is 4.90. The van der Waals surface area contributed by atoms with Gasteiger partial charge in [0.2, 0.25) is 10.0 Å². The molecule has 1 N–H and O–H groups in total. The Morgan fingerprint density at radius 3 is 2.58 bits per heavy atom. The second-order valence-corrected chi connectivity index (χ2v) is 11.3. The highest BCUT2D eigenvalue weighted by Crippen LogP contribution is 2.37. The lowest BCUT2D eigenvalue weighted by atomic mass is 9.98. The summed E-state index contributed by atoms with van der Waals surface area (Å²) in [6.07, 6.45) is 4.56. The smallest absolute Gasteiger partial charge is 0.323 e. The van der Waals surface area contributed by atoms with Crippen molar-refractivity contribution in [3.8, 4) is 5.75 Å². The van der Waals surface area contributed by atoms with Crippen LogP contribution in [0.1, 0.15) is 31.7 Å². The van der Waals surface area contributed by atoms with Gasteiger partial charge < -0.3 is 14.4 Å². The van der Waals surface area contributed by atoms with Crippen LogP contribution in [-0.2, 0) is 21.4 Å². The summed E-state index contributed by atoms with van der Waals surface area (Å²) in [4.78, 5) is 12.7. The van der Waals surface area contributed by atoms with Crippen molar-refractivity contribution in [1.82, 2.24) is 8.87 Å². The molecule has 33 heavy (non-hydrogen) atoms. The van der Waals surface area contributed by atoms with Gasteiger partial charge in [0.05, 0.1) is 11.0 Å². The molecule has 1 atom stereocenters. The summed E-state index contributed by atoms with van der Waals surface area (Å²) >= 11 is 1.60. The van der Waals surface area contributed by atoms with E-state index in [1.807, 2.05) is 44.5 Å². The van der Waals surface area contributed by atoms with Crippen molar-refractivity contribution in [3.05, 3.63) is 54.2 Å². The highest BCUT2D eigenvalue weighted by molar-refractivity contribution is 7.98. The van der Waals surface area contributed by atoms with Gasteiger partial charge in [-0.25, -0.2) is 8.42 Å². The van der Waals surface area contributed by atoms with Crippen LogP contribution in [0.2, 0.25) is 0 Å². The molecule has 176 valence electrons. The maximum atomic E-state index is 13.2. The number of benzene rings is 2. The maximum Gasteiger partial charge on any atom is 0.323 e. The lowest BCUT2D eigenvalue weighted by Gasteiger charge is -2.17. The van der Waals surface area contributed by atoms with Gasteiger partial charge in [-0.1, -0.05) is 6.07 Å². The number of fused-ring (bicyclic) bond motifs is 1. The first kappa shape index (κ1) is 23.7. The number of nitrogens with zero attached hydrogens (tertiary/aromatic N) is 2. The van der Waals surface area contributed by atoms with Crippen LogP contribution < -0.4 is 4.74 Å². The Kier molecular flexibility index (Phi) is 6.74. The van der Waals surface area contributed by atoms with Gasteiger partial charge in [0, 0.05) is 41.0 Å². The van der Waals surface area contributed by atoms with Crippen LogP contribution in [0.15, 0.2) is 58.5 Å². The van der Waals surface area contributed by atoms with Gasteiger partial charge in [-0.2, -0.15) is 4.31 Å². The van der Waals surface area contributed by atoms with Gasteiger partial charge >= 0.3 is 5.97 Å². The van der Waals surface area contributed by atoms with Gasteiger partial charge in [-0.05, 0) is 68.5 Å². The standard InChI is InChI=1S/C24H28N2O5S2/c1-16(2)31-18-4-7-20(8-5-18)33(29,30)26-11-10-17(13-26)22-14-25(15-24(27)28)23-12-19(32-3)6-9-21(22)23/h4-9,12,14,16-17H,10-11,13,15H2,1-3H3,(H,27,28). The van der Waals surface area contributed by atoms with E-state index in [2.05, 4.69) is 0 Å². The van der Waals surface area contributed by atoms with Gasteiger partial charge in [-0.15, -0.1) is 11.8 Å². The topological polar surface area (TPSA) is 88.8 Å². The minimum Gasteiger partial charge on any atom is -0.491 e. The number of ether oxygens (including phenoxy) is 1. The van der Waals surface area contributed by atoms with Gasteiger partial charge in [-0.3, -0.25) is 4.79 Å². The molecule has 1 aliphatic heterocycles. The zero-order chi connectivity index (χ0) is 23.8. The largest absolute Gasteiger partial charge is 0.491 e. The van der Waals surface area contributed by atoms with Crippen molar-refractivity contribution in [3.63, 3.8) is 0 Å². The monoisotopic (exact) mass is 488 g/mol. The van der Waals surface area contributed by atoms with Crippen LogP contribution in [0.3, 0.4) is 0 Å². The summed E-state index contributed by atoms with van der Waals surface area (Å²) in [6.45, 7) is 4.50. The number of aromatic nitrogens is 1. The third-order valence-electron chi connectivity index (χ3n) is 5.85. The second-order valence-electron chi connectivity index (χ2n) is 8.48. The SMILES string of the molecule is CSc1ccc2c(C3CCN(S(=O)(=O)c4ccc(OC(C)C)cc4)C3)cn(CC(=O)O)c2c1. The van der Waals surface area contributed by atoms with Crippen molar-refractivity contribution < 1.29 is 23.1 Å². The lowest BCUT2D eigenvalue weighted by Crippen LogP contribution is -2.28. The molecule has 1 aromatic heterocycles. The van der Waals surface area contributed by atoms with Gasteiger partial charge in [0.25, 0.3) is 0 Å². The molecule has 0 bridgehead atoms. The van der Waals surface area contributed by atoms with Crippen LogP contribution >= 0.6 is 11.8 Å². The van der Waals surface area contributed by atoms with E-state index >= 15 is 0 Å². The molecule has 7 nitrogen and oxygen atoms in total. The number of sulfonamides is 1. The number of carboxylic acids is 1. The predicted molar refractivity (Wildman–Crippen MR) is 130 cm³/mol. The van der Waals surface area contributed by atoms with E-state index in [0.29, 0.717) is 25.3 Å². The third-order valence-corrected chi connectivity index (χ3v) is 8.45. The van der Waals surface area contributed by atoms with E-state index < -0.39 is 16.0 Å². The number of carbonyl (C=O) groups is 1. The van der Waals surface area contributed by atoms with Crippen molar-refractivity contribution in [2.45, 2.75) is 48.6 Å². The number of hydrogen-bond donors (Lipinski definition) is 1. The van der Waals surface area contributed by atoms with E-state index in [4.69, 9.17) is 4.74 Å². The average Bonchev–Trinajstić information content (AvgIpc) is 3.39. The van der Waals surface area contributed by atoms with Crippen LogP contribution in [0.4, 0.5) is 0 Å². The highest BCUT2D eigenvalue weighted by atomic mass is 32.2. The number of thioether (sulfide) groups is 1. The quantitative estimate of drug-likeness (QED) is 0.473. The zero-order valence-corrected chi connectivity index (χ0v) is 20.5. The Morgan fingerprint density at radius 1 is 1.21 bits per heavy atom. The Labute approximate surface area is 198 Å². The van der Waals surface area contributed by atoms with E-state index in [1.165, 1.54) is 4.31 Å². The summed E-state index contributed by atoms with van der Waals surface area (Å²) < 4.78 is 35.4. The Hall–Kier alpha value is -2.49. The first-order valence-corrected chi connectivity index (χ1v) is 13.5. The van der Waals surface area contributed by atoms with Crippen molar-refractivity contribution in [2.75, 3.05) is 19.3 Å². The van der Waals surface area contributed by atoms with Crippen molar-refractivity contribution in [2.24, 2.45) is 0 Å². The fourth-order valence-electron chi connectivity index (χ4n) is 4.34. The second kappa shape index (κ2) is 9.40. The van der Waals surface area contributed by atoms with Crippen LogP contribution in [0.5, 0.6) is 5.75 Å². The molecule has 0 radical (unpaired) electrons. The summed E-state index contributed by atoms with van der Waals surface area (Å²) in [5, 5.41) is 10.3. The predicted octanol–water partition coefficient (Wildman–Crippen LogP) is 4.41. The molecular formula is C24H28N2O5S2. The summed E-state index contributed by atoms with van der Waals surface area (Å²) in [5.74, 6) is -0.270. The van der Waals surface area contributed by atoms with Crippen LogP contribution in [0, 0.1) is 0 Å². The average molecular weight is 489 g/mol. The molecule has 1 unspecified atom stereocenters. The van der Waals surface area contributed by atoms with Crippen molar-refractivity contribution >= 4 is 38.7 Å².